The number of benzene rings is 1. The molecule has 1 aliphatic rings. The Balaban J connectivity index is 2.18. The zero-order valence-electron chi connectivity index (χ0n) is 9.51. The number of halogens is 1. The molecule has 0 saturated carbocycles. The number of ether oxygens (including phenoxy) is 1. The van der Waals surface area contributed by atoms with E-state index in [9.17, 15) is 14.0 Å². The molecule has 96 valence electrons. The lowest BCUT2D eigenvalue weighted by Crippen LogP contribution is -2.44. The molecular weight excluding hydrogens is 241 g/mol. The summed E-state index contributed by atoms with van der Waals surface area (Å²) in [6.07, 6.45) is -0.764. The van der Waals surface area contributed by atoms with Crippen molar-refractivity contribution >= 4 is 17.7 Å². The van der Waals surface area contributed by atoms with Crippen LogP contribution in [0.2, 0.25) is 0 Å². The Morgan fingerprint density at radius 2 is 2.22 bits per heavy atom. The number of aliphatic carboxylic acids is 1. The quantitative estimate of drug-likeness (QED) is 0.893. The molecule has 0 bridgehead atoms. The van der Waals surface area contributed by atoms with Gasteiger partial charge < -0.3 is 9.84 Å². The molecule has 0 spiro atoms. The highest BCUT2D eigenvalue weighted by Gasteiger charge is 2.30. The van der Waals surface area contributed by atoms with E-state index in [1.54, 1.807) is 6.07 Å². The first-order valence-electron chi connectivity index (χ1n) is 5.48. The molecule has 0 aromatic heterocycles. The maximum Gasteiger partial charge on any atom is 0.414 e. The van der Waals surface area contributed by atoms with Crippen LogP contribution in [0.4, 0.5) is 14.9 Å². The number of para-hydroxylation sites is 1. The molecule has 1 atom stereocenters. The second-order valence-corrected chi connectivity index (χ2v) is 4.10. The minimum atomic E-state index is -0.966. The maximum atomic E-state index is 13.6. The van der Waals surface area contributed by atoms with Crippen LogP contribution in [-0.2, 0) is 9.53 Å². The molecule has 6 heteroatoms. The molecule has 1 N–H and O–H groups in total. The van der Waals surface area contributed by atoms with Crippen molar-refractivity contribution in [2.45, 2.75) is 6.42 Å². The number of hydrogen-bond donors (Lipinski definition) is 1. The van der Waals surface area contributed by atoms with Gasteiger partial charge in [-0.15, -0.1) is 0 Å². The Morgan fingerprint density at radius 3 is 2.89 bits per heavy atom. The van der Waals surface area contributed by atoms with Crippen LogP contribution in [0, 0.1) is 11.7 Å². The first-order chi connectivity index (χ1) is 8.58. The number of carboxylic acids is 1. The van der Waals surface area contributed by atoms with Crippen LogP contribution < -0.4 is 4.90 Å². The van der Waals surface area contributed by atoms with Crippen molar-refractivity contribution in [2.24, 2.45) is 5.92 Å². The molecule has 1 amide bonds. The number of cyclic esters (lactones) is 1. The molecule has 1 aliphatic heterocycles. The van der Waals surface area contributed by atoms with E-state index < -0.39 is 17.9 Å². The van der Waals surface area contributed by atoms with Gasteiger partial charge in [-0.1, -0.05) is 12.1 Å². The Hall–Kier alpha value is -2.11. The lowest BCUT2D eigenvalue weighted by Gasteiger charge is -2.31. The first-order valence-corrected chi connectivity index (χ1v) is 5.48. The third kappa shape index (κ3) is 2.58. The molecule has 2 rings (SSSR count). The van der Waals surface area contributed by atoms with E-state index in [2.05, 4.69) is 0 Å². The van der Waals surface area contributed by atoms with Gasteiger partial charge in [0.1, 0.15) is 5.82 Å². The summed E-state index contributed by atoms with van der Waals surface area (Å²) < 4.78 is 18.4. The van der Waals surface area contributed by atoms with E-state index in [4.69, 9.17) is 9.84 Å². The highest BCUT2D eigenvalue weighted by atomic mass is 19.1. The number of carboxylic acid groups (broad SMARTS) is 1. The third-order valence-corrected chi connectivity index (χ3v) is 2.71. The number of rotatable bonds is 3. The second kappa shape index (κ2) is 5.03. The molecule has 1 aromatic rings. The van der Waals surface area contributed by atoms with Gasteiger partial charge in [-0.25, -0.2) is 9.18 Å². The van der Waals surface area contributed by atoms with Gasteiger partial charge in [0.15, 0.2) is 0 Å². The smallest absolute Gasteiger partial charge is 0.414 e. The van der Waals surface area contributed by atoms with Crippen LogP contribution in [0.25, 0.3) is 0 Å². The number of carbonyl (C=O) groups excluding carboxylic acids is 1. The van der Waals surface area contributed by atoms with Crippen molar-refractivity contribution < 1.29 is 23.8 Å². The topological polar surface area (TPSA) is 66.8 Å². The molecule has 1 aromatic carbocycles. The van der Waals surface area contributed by atoms with Crippen LogP contribution in [0.15, 0.2) is 24.3 Å². The molecule has 5 nitrogen and oxygen atoms in total. The Bertz CT molecular complexity index is 477. The van der Waals surface area contributed by atoms with E-state index in [-0.39, 0.29) is 31.2 Å². The average molecular weight is 253 g/mol. The van der Waals surface area contributed by atoms with E-state index in [0.29, 0.717) is 0 Å². The number of amides is 1. The average Bonchev–Trinajstić information content (AvgIpc) is 2.32. The fourth-order valence-electron chi connectivity index (χ4n) is 1.89. The van der Waals surface area contributed by atoms with Gasteiger partial charge in [-0.05, 0) is 12.1 Å². The van der Waals surface area contributed by atoms with Crippen LogP contribution in [-0.4, -0.2) is 30.3 Å². The van der Waals surface area contributed by atoms with Gasteiger partial charge in [-0.3, -0.25) is 9.69 Å². The standard InChI is InChI=1S/C12H12FNO4/c13-9-3-1-2-4-10(9)14-6-8(5-11(15)16)7-18-12(14)17/h1-4,8H,5-7H2,(H,15,16). The Labute approximate surface area is 103 Å². The monoisotopic (exact) mass is 253 g/mol. The predicted octanol–water partition coefficient (Wildman–Crippen LogP) is 1.87. The minimum absolute atomic E-state index is 0.0517. The summed E-state index contributed by atoms with van der Waals surface area (Å²) >= 11 is 0. The van der Waals surface area contributed by atoms with Crippen LogP contribution >= 0.6 is 0 Å². The number of anilines is 1. The number of nitrogens with zero attached hydrogens (tertiary/aromatic N) is 1. The summed E-state index contributed by atoms with van der Waals surface area (Å²) in [6, 6.07) is 5.82. The van der Waals surface area contributed by atoms with Crippen LogP contribution in [0.5, 0.6) is 0 Å². The van der Waals surface area contributed by atoms with Crippen LogP contribution in [0.3, 0.4) is 0 Å². The molecule has 1 saturated heterocycles. The third-order valence-electron chi connectivity index (χ3n) is 2.71. The summed E-state index contributed by atoms with van der Waals surface area (Å²) in [5.74, 6) is -1.84. The predicted molar refractivity (Wildman–Crippen MR) is 60.8 cm³/mol. The minimum Gasteiger partial charge on any atom is -0.481 e. The largest absolute Gasteiger partial charge is 0.481 e. The summed E-state index contributed by atoms with van der Waals surface area (Å²) in [4.78, 5) is 23.3. The van der Waals surface area contributed by atoms with E-state index in [1.165, 1.54) is 18.2 Å². The van der Waals surface area contributed by atoms with E-state index in [0.717, 1.165) is 4.90 Å². The van der Waals surface area contributed by atoms with Gasteiger partial charge in [0.25, 0.3) is 0 Å². The molecule has 1 fully saturated rings. The molecule has 0 aliphatic carbocycles. The normalized spacial score (nSPS) is 19.5. The summed E-state index contributed by atoms with van der Waals surface area (Å²) in [6.45, 7) is 0.197. The maximum absolute atomic E-state index is 13.6. The lowest BCUT2D eigenvalue weighted by molar-refractivity contribution is -0.138. The van der Waals surface area contributed by atoms with Crippen molar-refractivity contribution in [2.75, 3.05) is 18.1 Å². The fraction of sp³-hybridized carbons (Fsp3) is 0.333. The first kappa shape index (κ1) is 12.3. The summed E-state index contributed by atoms with van der Waals surface area (Å²) in [5, 5.41) is 8.71. The van der Waals surface area contributed by atoms with Crippen LogP contribution in [0.1, 0.15) is 6.42 Å². The van der Waals surface area contributed by atoms with Gasteiger partial charge in [-0.2, -0.15) is 0 Å². The number of carbonyl (C=O) groups is 2. The zero-order chi connectivity index (χ0) is 13.1. The number of hydrogen-bond acceptors (Lipinski definition) is 3. The van der Waals surface area contributed by atoms with Gasteiger partial charge in [0, 0.05) is 12.5 Å². The lowest BCUT2D eigenvalue weighted by atomic mass is 10.0. The van der Waals surface area contributed by atoms with Gasteiger partial charge in [0.05, 0.1) is 18.7 Å². The van der Waals surface area contributed by atoms with Gasteiger partial charge in [0.2, 0.25) is 0 Å². The highest BCUT2D eigenvalue weighted by Crippen LogP contribution is 2.24. The second-order valence-electron chi connectivity index (χ2n) is 4.10. The SMILES string of the molecule is O=C(O)CC1COC(=O)N(c2ccccc2F)C1. The van der Waals surface area contributed by atoms with E-state index >= 15 is 0 Å². The molecule has 18 heavy (non-hydrogen) atoms. The van der Waals surface area contributed by atoms with Crippen molar-refractivity contribution in [1.29, 1.82) is 0 Å². The van der Waals surface area contributed by atoms with E-state index in [1.807, 2.05) is 0 Å². The molecule has 1 unspecified atom stereocenters. The highest BCUT2D eigenvalue weighted by molar-refractivity contribution is 5.88. The van der Waals surface area contributed by atoms with Crippen molar-refractivity contribution in [3.63, 3.8) is 0 Å². The van der Waals surface area contributed by atoms with Gasteiger partial charge >= 0.3 is 12.1 Å². The molecular formula is C12H12FNO4. The summed E-state index contributed by atoms with van der Waals surface area (Å²) in [5.41, 5.74) is 0.109. The molecule has 1 heterocycles. The Morgan fingerprint density at radius 1 is 1.50 bits per heavy atom. The Kier molecular flexibility index (Phi) is 3.45. The van der Waals surface area contributed by atoms with Crippen molar-refractivity contribution in [1.82, 2.24) is 0 Å². The van der Waals surface area contributed by atoms with Crippen molar-refractivity contribution in [3.05, 3.63) is 30.1 Å². The van der Waals surface area contributed by atoms with Crippen molar-refractivity contribution in [3.8, 4) is 0 Å². The zero-order valence-corrected chi connectivity index (χ0v) is 9.51. The molecule has 0 radical (unpaired) electrons. The fourth-order valence-corrected chi connectivity index (χ4v) is 1.89. The summed E-state index contributed by atoms with van der Waals surface area (Å²) in [7, 11) is 0.